The van der Waals surface area contributed by atoms with Crippen molar-refractivity contribution in [1.29, 1.82) is 0 Å². The van der Waals surface area contributed by atoms with Crippen LogP contribution in [-0.2, 0) is 22.4 Å². The van der Waals surface area contributed by atoms with Crippen LogP contribution in [0.3, 0.4) is 0 Å². The molecular weight excluding hydrogens is 236 g/mol. The normalized spacial score (nSPS) is 0. The molecule has 8 radical (unpaired) electrons. The van der Waals surface area contributed by atoms with E-state index in [1.165, 1.54) is 0 Å². The molecule has 0 aliphatic heterocycles. The molecule has 0 aromatic carbocycles. The summed E-state index contributed by atoms with van der Waals surface area (Å²) in [6.45, 7) is 0. The minimum absolute atomic E-state index is 0. The Morgan fingerprint density at radius 2 is 1.00 bits per heavy atom. The molecule has 22 valence electrons. The quantitative estimate of drug-likeness (QED) is 0.514. The zero-order valence-corrected chi connectivity index (χ0v) is 8.61. The summed E-state index contributed by atoms with van der Waals surface area (Å²) in [6.07, 6.45) is 0. The molecule has 0 aliphatic carbocycles. The molecule has 0 unspecified atom stereocenters. The summed E-state index contributed by atoms with van der Waals surface area (Å²) in [4.78, 5) is 0. The van der Waals surface area contributed by atoms with E-state index >= 15 is 0 Å². The van der Waals surface area contributed by atoms with Crippen molar-refractivity contribution in [2.75, 3.05) is 0 Å². The first-order valence-corrected chi connectivity index (χ1v) is 0. The first-order valence-electron chi connectivity index (χ1n) is 0. The van der Waals surface area contributed by atoms with Crippen LogP contribution in [-0.4, -0.2) is 47.2 Å². The van der Waals surface area contributed by atoms with Crippen LogP contribution in [0, 0.1) is 0 Å². The Balaban J connectivity index is 0. The van der Waals surface area contributed by atoms with Gasteiger partial charge in [0.1, 0.15) is 0 Å². The van der Waals surface area contributed by atoms with E-state index < -0.39 is 0 Å². The van der Waals surface area contributed by atoms with E-state index in [1.807, 2.05) is 0 Å². The van der Waals surface area contributed by atoms with Gasteiger partial charge in [0.05, 0.1) is 0 Å². The van der Waals surface area contributed by atoms with Crippen molar-refractivity contribution in [2.24, 2.45) is 0 Å². The Morgan fingerprint density at radius 1 is 1.00 bits per heavy atom. The van der Waals surface area contributed by atoms with Gasteiger partial charge in [-0.3, -0.25) is 0 Å². The SMILES string of the molecule is [Ag].[Ge].[Na].[S]. The Morgan fingerprint density at radius 3 is 1.00 bits per heavy atom. The van der Waals surface area contributed by atoms with Crippen LogP contribution in [0.4, 0.5) is 0 Å². The summed E-state index contributed by atoms with van der Waals surface area (Å²) in [5.41, 5.74) is 0. The van der Waals surface area contributed by atoms with Gasteiger partial charge in [-0.25, -0.2) is 0 Å². The molecule has 0 nitrogen and oxygen atoms in total. The predicted octanol–water partition coefficient (Wildman–Crippen LogP) is -0.116. The molecule has 0 aliphatic rings. The van der Waals surface area contributed by atoms with Crippen LogP contribution in [0.5, 0.6) is 0 Å². The van der Waals surface area contributed by atoms with Gasteiger partial charge in [0.15, 0.2) is 0 Å². The molecule has 0 N–H and O–H groups in total. The van der Waals surface area contributed by atoms with Gasteiger partial charge < -0.3 is 0 Å². The molecule has 4 heavy (non-hydrogen) atoms. The van der Waals surface area contributed by atoms with Crippen LogP contribution in [0.25, 0.3) is 0 Å². The second-order valence-electron chi connectivity index (χ2n) is 0. The monoisotopic (exact) mass is 236 g/mol. The summed E-state index contributed by atoms with van der Waals surface area (Å²) in [5.74, 6) is 0. The molecular formula is AgGeNaS. The third-order valence-corrected chi connectivity index (χ3v) is 0. The van der Waals surface area contributed by atoms with Crippen LogP contribution < -0.4 is 0 Å². The average molecular weight is 236 g/mol. The predicted molar refractivity (Wildman–Crippen MR) is 19.1 cm³/mol. The minimum atomic E-state index is 0. The Hall–Kier alpha value is 2.63. The van der Waals surface area contributed by atoms with E-state index in [9.17, 15) is 0 Å². The molecule has 0 amide bonds. The molecule has 0 fully saturated rings. The maximum Gasteiger partial charge on any atom is 0 e. The summed E-state index contributed by atoms with van der Waals surface area (Å²) >= 11 is 0. The van der Waals surface area contributed by atoms with Crippen molar-refractivity contribution in [3.63, 3.8) is 0 Å². The third-order valence-electron chi connectivity index (χ3n) is 0. The summed E-state index contributed by atoms with van der Waals surface area (Å²) in [6, 6.07) is 0. The van der Waals surface area contributed by atoms with E-state index in [0.717, 1.165) is 0 Å². The van der Waals surface area contributed by atoms with E-state index in [4.69, 9.17) is 0 Å². The number of hydrogen-bond donors (Lipinski definition) is 0. The zero-order valence-electron chi connectivity index (χ0n) is 2.21. The van der Waals surface area contributed by atoms with Crippen LogP contribution in [0.15, 0.2) is 0 Å². The second kappa shape index (κ2) is 17.4. The number of rotatable bonds is 0. The summed E-state index contributed by atoms with van der Waals surface area (Å²) < 4.78 is 0. The summed E-state index contributed by atoms with van der Waals surface area (Å²) in [7, 11) is 0. The first kappa shape index (κ1) is 30.4. The molecule has 0 aromatic heterocycles. The van der Waals surface area contributed by atoms with E-state index in [-0.39, 0.29) is 83.0 Å². The maximum absolute atomic E-state index is 0. The van der Waals surface area contributed by atoms with Gasteiger partial charge in [-0.2, -0.15) is 0 Å². The van der Waals surface area contributed by atoms with Gasteiger partial charge >= 0.3 is 0 Å². The van der Waals surface area contributed by atoms with E-state index in [0.29, 0.717) is 0 Å². The smallest absolute Gasteiger partial charge is 0 e. The molecule has 0 saturated heterocycles. The van der Waals surface area contributed by atoms with Gasteiger partial charge in [0, 0.05) is 83.0 Å². The molecule has 0 atom stereocenters. The van der Waals surface area contributed by atoms with Gasteiger partial charge in [-0.05, 0) is 0 Å². The maximum atomic E-state index is 0. The zero-order chi connectivity index (χ0) is 0. The minimum Gasteiger partial charge on any atom is 0 e. The average Bonchev–Trinajstić information content (AvgIpc) is 0. The second-order valence-corrected chi connectivity index (χ2v) is 0. The Labute approximate surface area is 81.7 Å². The van der Waals surface area contributed by atoms with Crippen molar-refractivity contribution in [3.05, 3.63) is 0 Å². The number of hydrogen-bond acceptors (Lipinski definition) is 0. The topological polar surface area (TPSA) is 0 Å². The van der Waals surface area contributed by atoms with Crippen molar-refractivity contribution in [2.45, 2.75) is 0 Å². The fraction of sp³-hybridized carbons (Fsp3) is 0. The van der Waals surface area contributed by atoms with E-state index in [2.05, 4.69) is 0 Å². The van der Waals surface area contributed by atoms with Gasteiger partial charge in [-0.15, -0.1) is 0 Å². The Bertz CT molecular complexity index is 8.00. The van der Waals surface area contributed by atoms with Gasteiger partial charge in [0.25, 0.3) is 0 Å². The third kappa shape index (κ3) is 8.82. The molecule has 4 heteroatoms. The van der Waals surface area contributed by atoms with Crippen molar-refractivity contribution >= 4 is 60.6 Å². The molecule has 0 bridgehead atoms. The largest absolute Gasteiger partial charge is 0 e. The summed E-state index contributed by atoms with van der Waals surface area (Å²) in [5, 5.41) is 0. The standard InChI is InChI=1S/Ag.Ge.Na.S. The molecule has 0 rings (SSSR count). The van der Waals surface area contributed by atoms with Crippen LogP contribution in [0.2, 0.25) is 0 Å². The first-order chi connectivity index (χ1) is 0. The molecule has 0 aromatic rings. The fourth-order valence-electron chi connectivity index (χ4n) is 0. The molecule has 0 spiro atoms. The van der Waals surface area contributed by atoms with Crippen molar-refractivity contribution in [1.82, 2.24) is 0 Å². The Kier molecular flexibility index (Phi) is 132. The molecule has 0 saturated carbocycles. The van der Waals surface area contributed by atoms with Crippen molar-refractivity contribution in [3.8, 4) is 0 Å². The van der Waals surface area contributed by atoms with E-state index in [1.54, 1.807) is 0 Å². The fourth-order valence-corrected chi connectivity index (χ4v) is 0. The molecule has 0 heterocycles. The van der Waals surface area contributed by atoms with Crippen molar-refractivity contribution < 1.29 is 22.4 Å². The van der Waals surface area contributed by atoms with Gasteiger partial charge in [0.2, 0.25) is 0 Å². The van der Waals surface area contributed by atoms with Crippen LogP contribution in [0.1, 0.15) is 0 Å². The van der Waals surface area contributed by atoms with Gasteiger partial charge in [-0.1, -0.05) is 0 Å². The van der Waals surface area contributed by atoms with Crippen LogP contribution >= 0.6 is 13.5 Å².